The van der Waals surface area contributed by atoms with Crippen molar-refractivity contribution in [2.75, 3.05) is 0 Å². The maximum Gasteiger partial charge on any atom is 0.352 e. The third-order valence-corrected chi connectivity index (χ3v) is 4.00. The van der Waals surface area contributed by atoms with Gasteiger partial charge < -0.3 is 20.4 Å². The molecule has 0 amide bonds. The van der Waals surface area contributed by atoms with E-state index in [4.69, 9.17) is 0 Å². The lowest BCUT2D eigenvalue weighted by molar-refractivity contribution is 0.0661. The Morgan fingerprint density at radius 2 is 0.679 bits per heavy atom. The molecule has 0 saturated carbocycles. The Labute approximate surface area is 156 Å². The number of hydrogen-bond donors (Lipinski definition) is 4. The van der Waals surface area contributed by atoms with Crippen LogP contribution in [0.2, 0.25) is 0 Å². The van der Waals surface area contributed by atoms with Gasteiger partial charge in [0, 0.05) is 11.4 Å². The van der Waals surface area contributed by atoms with Crippen LogP contribution in [0.1, 0.15) is 42.0 Å². The summed E-state index contributed by atoms with van der Waals surface area (Å²) in [5, 5.41) is 37.1. The van der Waals surface area contributed by atoms with Gasteiger partial charge in [-0.1, -0.05) is 0 Å². The quantitative estimate of drug-likeness (QED) is 0.502. The Balaban J connectivity index is 2.15. The highest BCUT2D eigenvalue weighted by Gasteiger charge is 2.22. The molecular weight excluding hydrogens is 372 g/mol. The van der Waals surface area contributed by atoms with Crippen LogP contribution >= 0.6 is 0 Å². The second-order valence-electron chi connectivity index (χ2n) is 5.62. The molecular formula is C18H12N2O8. The van der Waals surface area contributed by atoms with Gasteiger partial charge in [-0.3, -0.25) is 9.13 Å². The van der Waals surface area contributed by atoms with E-state index in [0.717, 1.165) is 33.4 Å². The number of carboxylic acids is 4. The van der Waals surface area contributed by atoms with Crippen molar-refractivity contribution in [2.24, 2.45) is 0 Å². The lowest BCUT2D eigenvalue weighted by Crippen LogP contribution is -2.14. The summed E-state index contributed by atoms with van der Waals surface area (Å²) in [6.45, 7) is 0. The zero-order valence-electron chi connectivity index (χ0n) is 13.9. The van der Waals surface area contributed by atoms with Crippen LogP contribution in [-0.4, -0.2) is 53.4 Å². The highest BCUT2D eigenvalue weighted by Crippen LogP contribution is 2.22. The first-order valence-corrected chi connectivity index (χ1v) is 7.70. The van der Waals surface area contributed by atoms with Gasteiger partial charge in [-0.05, 0) is 48.5 Å². The third kappa shape index (κ3) is 2.98. The Morgan fingerprint density at radius 3 is 0.857 bits per heavy atom. The van der Waals surface area contributed by atoms with Gasteiger partial charge in [0.05, 0.1) is 0 Å². The summed E-state index contributed by atoms with van der Waals surface area (Å²) in [4.78, 5) is 45.5. The minimum atomic E-state index is -1.33. The molecule has 0 aliphatic rings. The smallest absolute Gasteiger partial charge is 0.352 e. The fourth-order valence-corrected chi connectivity index (χ4v) is 2.85. The van der Waals surface area contributed by atoms with Crippen molar-refractivity contribution in [2.45, 2.75) is 0 Å². The summed E-state index contributed by atoms with van der Waals surface area (Å²) < 4.78 is 2.03. The van der Waals surface area contributed by atoms with Crippen molar-refractivity contribution < 1.29 is 39.6 Å². The van der Waals surface area contributed by atoms with Crippen LogP contribution in [0.4, 0.5) is 0 Å². The van der Waals surface area contributed by atoms with Crippen LogP contribution in [-0.2, 0) is 0 Å². The molecule has 0 radical (unpaired) electrons. The van der Waals surface area contributed by atoms with Gasteiger partial charge in [-0.2, -0.15) is 0 Å². The standard InChI is InChI=1S/C18H12N2O8/c21-15(22)11-5-6-12(16(23)24)19(11)9-1-2-10(4-3-9)20-13(17(25)26)7-8-14(20)18(27)28/h1-8H,(H,21,22)(H,23,24)(H,25,26)(H,27,28). The molecule has 2 aromatic heterocycles. The summed E-state index contributed by atoms with van der Waals surface area (Å²) >= 11 is 0. The van der Waals surface area contributed by atoms with E-state index in [1.54, 1.807) is 0 Å². The van der Waals surface area contributed by atoms with Gasteiger partial charge in [0.15, 0.2) is 0 Å². The number of benzene rings is 1. The molecule has 0 spiro atoms. The Bertz CT molecular complexity index is 969. The monoisotopic (exact) mass is 384 g/mol. The molecule has 0 aliphatic carbocycles. The van der Waals surface area contributed by atoms with E-state index in [2.05, 4.69) is 0 Å². The van der Waals surface area contributed by atoms with Crippen molar-refractivity contribution in [1.29, 1.82) is 0 Å². The van der Waals surface area contributed by atoms with Gasteiger partial charge >= 0.3 is 23.9 Å². The van der Waals surface area contributed by atoms with Crippen LogP contribution in [0.5, 0.6) is 0 Å². The van der Waals surface area contributed by atoms with Gasteiger partial charge in [0.25, 0.3) is 0 Å². The van der Waals surface area contributed by atoms with E-state index in [1.807, 2.05) is 0 Å². The molecule has 142 valence electrons. The predicted molar refractivity (Wildman–Crippen MR) is 92.9 cm³/mol. The number of carbonyl (C=O) groups is 4. The number of aromatic carboxylic acids is 4. The van der Waals surface area contributed by atoms with Gasteiger partial charge in [0.2, 0.25) is 0 Å². The number of carboxylic acid groups (broad SMARTS) is 4. The molecule has 0 fully saturated rings. The molecule has 0 unspecified atom stereocenters. The first kappa shape index (κ1) is 18.5. The van der Waals surface area contributed by atoms with Crippen molar-refractivity contribution >= 4 is 23.9 Å². The lowest BCUT2D eigenvalue weighted by Gasteiger charge is -2.13. The molecule has 4 N–H and O–H groups in total. The maximum atomic E-state index is 11.4. The van der Waals surface area contributed by atoms with Crippen molar-refractivity contribution in [1.82, 2.24) is 9.13 Å². The van der Waals surface area contributed by atoms with Crippen LogP contribution in [0.15, 0.2) is 48.5 Å². The zero-order chi connectivity index (χ0) is 20.6. The number of hydrogen-bond acceptors (Lipinski definition) is 4. The van der Waals surface area contributed by atoms with Crippen LogP contribution in [0.3, 0.4) is 0 Å². The van der Waals surface area contributed by atoms with Gasteiger partial charge in [-0.25, -0.2) is 19.2 Å². The van der Waals surface area contributed by atoms with Crippen LogP contribution in [0, 0.1) is 0 Å². The average molecular weight is 384 g/mol. The molecule has 1 aromatic carbocycles. The minimum absolute atomic E-state index is 0.199. The predicted octanol–water partition coefficient (Wildman–Crippen LogP) is 2.06. The average Bonchev–Trinajstić information content (AvgIpc) is 3.26. The first-order chi connectivity index (χ1) is 13.2. The van der Waals surface area contributed by atoms with Crippen molar-refractivity contribution in [3.63, 3.8) is 0 Å². The van der Waals surface area contributed by atoms with E-state index >= 15 is 0 Å². The summed E-state index contributed by atoms with van der Waals surface area (Å²) in [5.74, 6) is -5.32. The van der Waals surface area contributed by atoms with Crippen LogP contribution < -0.4 is 0 Å². The molecule has 2 heterocycles. The normalized spacial score (nSPS) is 10.6. The molecule has 10 heteroatoms. The fraction of sp³-hybridized carbons (Fsp3) is 0. The molecule has 0 saturated heterocycles. The van der Waals surface area contributed by atoms with E-state index in [0.29, 0.717) is 0 Å². The topological polar surface area (TPSA) is 159 Å². The number of nitrogens with zero attached hydrogens (tertiary/aromatic N) is 2. The summed E-state index contributed by atoms with van der Waals surface area (Å²) in [6.07, 6.45) is 0. The first-order valence-electron chi connectivity index (χ1n) is 7.70. The second-order valence-corrected chi connectivity index (χ2v) is 5.62. The lowest BCUT2D eigenvalue weighted by atomic mass is 10.2. The zero-order valence-corrected chi connectivity index (χ0v) is 13.9. The van der Waals surface area contributed by atoms with Crippen molar-refractivity contribution in [3.8, 4) is 11.4 Å². The highest BCUT2D eigenvalue weighted by molar-refractivity contribution is 5.94. The van der Waals surface area contributed by atoms with Gasteiger partial charge in [0.1, 0.15) is 22.8 Å². The number of aromatic nitrogens is 2. The van der Waals surface area contributed by atoms with Gasteiger partial charge in [-0.15, -0.1) is 0 Å². The highest BCUT2D eigenvalue weighted by atomic mass is 16.4. The van der Waals surface area contributed by atoms with E-state index in [1.165, 1.54) is 24.3 Å². The molecule has 3 aromatic rings. The molecule has 0 bridgehead atoms. The molecule has 28 heavy (non-hydrogen) atoms. The fourth-order valence-electron chi connectivity index (χ4n) is 2.85. The molecule has 0 atom stereocenters. The molecule has 0 aliphatic heterocycles. The van der Waals surface area contributed by atoms with E-state index < -0.39 is 23.9 Å². The minimum Gasteiger partial charge on any atom is -0.477 e. The Hall–Kier alpha value is -4.34. The largest absolute Gasteiger partial charge is 0.477 e. The summed E-state index contributed by atoms with van der Waals surface area (Å²) in [7, 11) is 0. The SMILES string of the molecule is O=C(O)c1ccc(C(=O)O)n1-c1ccc(-n2c(C(=O)O)ccc2C(=O)O)cc1. The van der Waals surface area contributed by atoms with Crippen molar-refractivity contribution in [3.05, 3.63) is 71.3 Å². The number of rotatable bonds is 6. The molecule has 10 nitrogen and oxygen atoms in total. The Morgan fingerprint density at radius 1 is 0.464 bits per heavy atom. The maximum absolute atomic E-state index is 11.4. The van der Waals surface area contributed by atoms with E-state index in [-0.39, 0.29) is 34.2 Å². The third-order valence-electron chi connectivity index (χ3n) is 4.00. The summed E-state index contributed by atoms with van der Waals surface area (Å²) in [6, 6.07) is 10.1. The van der Waals surface area contributed by atoms with Crippen LogP contribution in [0.25, 0.3) is 11.4 Å². The second kappa shape index (κ2) is 6.76. The van der Waals surface area contributed by atoms with E-state index in [9.17, 15) is 39.6 Å². The molecule has 3 rings (SSSR count). The summed E-state index contributed by atoms with van der Waals surface area (Å²) in [5.41, 5.74) is -0.701. The Kier molecular flexibility index (Phi) is 4.45.